The third kappa shape index (κ3) is 3.76. The number of rotatable bonds is 2. The molecule has 0 spiro atoms. The zero-order valence-corrected chi connectivity index (χ0v) is 13.7. The highest BCUT2D eigenvalue weighted by Gasteiger charge is 2.22. The number of nitrogens with zero attached hydrogens (tertiary/aromatic N) is 2. The topological polar surface area (TPSA) is 37.8 Å². The van der Waals surface area contributed by atoms with Gasteiger partial charge in [-0.05, 0) is 25.5 Å². The minimum Gasteiger partial charge on any atom is -0.366 e. The molecule has 0 saturated carbocycles. The second-order valence-electron chi connectivity index (χ2n) is 6.12. The maximum atomic E-state index is 6.25. The van der Waals surface area contributed by atoms with Crippen LogP contribution in [-0.2, 0) is 5.41 Å². The Hall–Kier alpha value is -0.480. The fraction of sp³-hybridized carbons (Fsp3) is 0.714. The third-order valence-corrected chi connectivity index (χ3v) is 4.84. The quantitative estimate of drug-likeness (QED) is 0.836. The Balaban J connectivity index is 2.25. The monoisotopic (exact) mass is 299 g/mol. The average molecular weight is 300 g/mol. The predicted molar refractivity (Wildman–Crippen MR) is 84.4 cm³/mol. The minimum atomic E-state index is -0.0882. The molecule has 0 bridgehead atoms. The number of hydrogen-bond acceptors (Lipinski definition) is 4. The lowest BCUT2D eigenvalue weighted by Gasteiger charge is -2.25. The van der Waals surface area contributed by atoms with Crippen LogP contribution in [0, 0.1) is 6.92 Å². The van der Waals surface area contributed by atoms with Crippen LogP contribution in [0.25, 0.3) is 0 Å². The largest absolute Gasteiger partial charge is 0.366 e. The normalized spacial score (nSPS) is 20.4. The molecule has 1 aliphatic heterocycles. The summed E-state index contributed by atoms with van der Waals surface area (Å²) in [4.78, 5) is 9.09. The molecule has 5 heteroatoms. The molecule has 1 saturated heterocycles. The van der Waals surface area contributed by atoms with Crippen LogP contribution in [0.1, 0.15) is 45.0 Å². The summed E-state index contributed by atoms with van der Waals surface area (Å²) in [7, 11) is 0. The molecule has 1 N–H and O–H groups in total. The lowest BCUT2D eigenvalue weighted by atomic mass is 9.95. The SMILES string of the molecule is Cc1c(Cl)nc(C(C)(C)C)nc1NC1CCCSC1. The molecule has 19 heavy (non-hydrogen) atoms. The summed E-state index contributed by atoms with van der Waals surface area (Å²) < 4.78 is 0. The standard InChI is InChI=1S/C14H22ClN3S/c1-9-11(15)17-13(14(2,3)4)18-12(9)16-10-6-5-7-19-8-10/h10H,5-8H2,1-4H3,(H,16,17,18). The van der Waals surface area contributed by atoms with E-state index < -0.39 is 0 Å². The third-order valence-electron chi connectivity index (χ3n) is 3.26. The van der Waals surface area contributed by atoms with Crippen LogP contribution < -0.4 is 5.32 Å². The Morgan fingerprint density at radius 2 is 2.05 bits per heavy atom. The van der Waals surface area contributed by atoms with Gasteiger partial charge in [0.1, 0.15) is 16.8 Å². The Bertz CT molecular complexity index is 451. The van der Waals surface area contributed by atoms with Gasteiger partial charge in [0.15, 0.2) is 0 Å². The Morgan fingerprint density at radius 1 is 1.32 bits per heavy atom. The number of halogens is 1. The van der Waals surface area contributed by atoms with Gasteiger partial charge in [0.05, 0.1) is 0 Å². The summed E-state index contributed by atoms with van der Waals surface area (Å²) in [6, 6.07) is 0.497. The molecule has 1 unspecified atom stereocenters. The summed E-state index contributed by atoms with van der Waals surface area (Å²) >= 11 is 8.25. The molecule has 1 aromatic heterocycles. The number of anilines is 1. The van der Waals surface area contributed by atoms with Crippen LogP contribution in [0.5, 0.6) is 0 Å². The van der Waals surface area contributed by atoms with E-state index in [9.17, 15) is 0 Å². The first-order valence-corrected chi connectivity index (χ1v) is 8.30. The highest BCUT2D eigenvalue weighted by Crippen LogP contribution is 2.28. The molecule has 0 amide bonds. The molecule has 1 aliphatic rings. The highest BCUT2D eigenvalue weighted by molar-refractivity contribution is 7.99. The van der Waals surface area contributed by atoms with Crippen molar-refractivity contribution < 1.29 is 0 Å². The van der Waals surface area contributed by atoms with Crippen molar-refractivity contribution in [1.29, 1.82) is 0 Å². The van der Waals surface area contributed by atoms with Crippen molar-refractivity contribution >= 4 is 29.2 Å². The molecule has 3 nitrogen and oxygen atoms in total. The van der Waals surface area contributed by atoms with Crippen molar-refractivity contribution in [2.75, 3.05) is 16.8 Å². The van der Waals surface area contributed by atoms with Crippen molar-refractivity contribution in [2.45, 2.75) is 52.0 Å². The van der Waals surface area contributed by atoms with Crippen LogP contribution in [-0.4, -0.2) is 27.5 Å². The maximum absolute atomic E-state index is 6.25. The van der Waals surface area contributed by atoms with E-state index in [2.05, 4.69) is 36.1 Å². The summed E-state index contributed by atoms with van der Waals surface area (Å²) in [5.74, 6) is 4.12. The summed E-state index contributed by atoms with van der Waals surface area (Å²) in [5, 5.41) is 4.11. The number of thioether (sulfide) groups is 1. The van der Waals surface area contributed by atoms with Gasteiger partial charge in [-0.1, -0.05) is 32.4 Å². The van der Waals surface area contributed by atoms with Gasteiger partial charge < -0.3 is 5.32 Å². The first-order chi connectivity index (χ1) is 8.88. The molecule has 0 aromatic carbocycles. The zero-order chi connectivity index (χ0) is 14.0. The molecule has 106 valence electrons. The van der Waals surface area contributed by atoms with E-state index in [0.29, 0.717) is 11.2 Å². The van der Waals surface area contributed by atoms with Crippen LogP contribution in [0.2, 0.25) is 5.15 Å². The first-order valence-electron chi connectivity index (χ1n) is 6.77. The molecular formula is C14H22ClN3S. The lowest BCUT2D eigenvalue weighted by molar-refractivity contribution is 0.544. The van der Waals surface area contributed by atoms with E-state index in [4.69, 9.17) is 11.6 Å². The van der Waals surface area contributed by atoms with Crippen molar-refractivity contribution in [1.82, 2.24) is 9.97 Å². The van der Waals surface area contributed by atoms with Crippen LogP contribution in [0.3, 0.4) is 0 Å². The Kier molecular flexibility index (Phi) is 4.62. The van der Waals surface area contributed by atoms with Crippen molar-refractivity contribution in [3.05, 3.63) is 16.5 Å². The Labute approximate surface area is 124 Å². The van der Waals surface area contributed by atoms with Crippen molar-refractivity contribution in [3.63, 3.8) is 0 Å². The van der Waals surface area contributed by atoms with Crippen LogP contribution in [0.4, 0.5) is 5.82 Å². The van der Waals surface area contributed by atoms with Gasteiger partial charge in [0.2, 0.25) is 0 Å². The molecule has 0 radical (unpaired) electrons. The van der Waals surface area contributed by atoms with E-state index in [1.807, 2.05) is 18.7 Å². The number of aromatic nitrogens is 2. The second-order valence-corrected chi connectivity index (χ2v) is 7.63. The lowest BCUT2D eigenvalue weighted by Crippen LogP contribution is -2.28. The van der Waals surface area contributed by atoms with Crippen LogP contribution in [0.15, 0.2) is 0 Å². The molecule has 1 atom stereocenters. The maximum Gasteiger partial charge on any atom is 0.137 e. The molecule has 1 fully saturated rings. The summed E-state index contributed by atoms with van der Waals surface area (Å²) in [5.41, 5.74) is 0.861. The number of hydrogen-bond donors (Lipinski definition) is 1. The number of nitrogens with one attached hydrogen (secondary N) is 1. The Morgan fingerprint density at radius 3 is 2.63 bits per heavy atom. The van der Waals surface area contributed by atoms with Gasteiger partial charge in [0.25, 0.3) is 0 Å². The first kappa shape index (κ1) is 14.9. The minimum absolute atomic E-state index is 0.0882. The highest BCUT2D eigenvalue weighted by atomic mass is 35.5. The van der Waals surface area contributed by atoms with Gasteiger partial charge in [-0.3, -0.25) is 0 Å². The van der Waals surface area contributed by atoms with E-state index in [1.165, 1.54) is 18.6 Å². The predicted octanol–water partition coefficient (Wildman–Crippen LogP) is 4.04. The fourth-order valence-electron chi connectivity index (χ4n) is 2.01. The van der Waals surface area contributed by atoms with E-state index in [1.54, 1.807) is 0 Å². The summed E-state index contributed by atoms with van der Waals surface area (Å²) in [6.45, 7) is 8.30. The molecule has 2 heterocycles. The average Bonchev–Trinajstić information content (AvgIpc) is 2.34. The second kappa shape index (κ2) is 5.88. The van der Waals surface area contributed by atoms with E-state index >= 15 is 0 Å². The molecular weight excluding hydrogens is 278 g/mol. The van der Waals surface area contributed by atoms with E-state index in [0.717, 1.165) is 23.0 Å². The zero-order valence-electron chi connectivity index (χ0n) is 12.1. The van der Waals surface area contributed by atoms with Gasteiger partial charge in [0, 0.05) is 22.8 Å². The van der Waals surface area contributed by atoms with Crippen molar-refractivity contribution in [2.24, 2.45) is 0 Å². The fourth-order valence-corrected chi connectivity index (χ4v) is 3.25. The van der Waals surface area contributed by atoms with Crippen molar-refractivity contribution in [3.8, 4) is 0 Å². The van der Waals surface area contributed by atoms with Gasteiger partial charge in [-0.2, -0.15) is 11.8 Å². The molecule has 1 aromatic rings. The molecule has 2 rings (SSSR count). The van der Waals surface area contributed by atoms with Gasteiger partial charge >= 0.3 is 0 Å². The smallest absolute Gasteiger partial charge is 0.137 e. The van der Waals surface area contributed by atoms with Crippen LogP contribution >= 0.6 is 23.4 Å². The van der Waals surface area contributed by atoms with E-state index in [-0.39, 0.29) is 5.41 Å². The molecule has 0 aliphatic carbocycles. The van der Waals surface area contributed by atoms with Gasteiger partial charge in [-0.15, -0.1) is 0 Å². The summed E-state index contributed by atoms with van der Waals surface area (Å²) in [6.07, 6.45) is 2.48. The van der Waals surface area contributed by atoms with Gasteiger partial charge in [-0.25, -0.2) is 9.97 Å².